The van der Waals surface area contributed by atoms with Crippen LogP contribution in [-0.2, 0) is 0 Å². The van der Waals surface area contributed by atoms with Gasteiger partial charge in [0.2, 0.25) is 0 Å². The molecule has 0 radical (unpaired) electrons. The van der Waals surface area contributed by atoms with E-state index in [2.05, 4.69) is 4.74 Å². The summed E-state index contributed by atoms with van der Waals surface area (Å²) in [5, 5.41) is 0. The van der Waals surface area contributed by atoms with Crippen LogP contribution in [0.25, 0.3) is 0 Å². The average molecular weight is 266 g/mol. The first-order valence-corrected chi connectivity index (χ1v) is 5.42. The van der Waals surface area contributed by atoms with Crippen LogP contribution in [0.2, 0.25) is 0 Å². The van der Waals surface area contributed by atoms with Gasteiger partial charge in [-0.3, -0.25) is 4.79 Å². The summed E-state index contributed by atoms with van der Waals surface area (Å²) in [4.78, 5) is 11.2. The van der Waals surface area contributed by atoms with Gasteiger partial charge >= 0.3 is 6.36 Å². The van der Waals surface area contributed by atoms with Crippen molar-refractivity contribution < 1.29 is 27.1 Å². The monoisotopic (exact) mass is 266 g/mol. The van der Waals surface area contributed by atoms with Crippen LogP contribution >= 0.6 is 0 Å². The van der Waals surface area contributed by atoms with Gasteiger partial charge in [0.05, 0.1) is 5.56 Å². The van der Waals surface area contributed by atoms with Crippen LogP contribution in [0.1, 0.15) is 37.6 Å². The Morgan fingerprint density at radius 3 is 2.28 bits per heavy atom. The molecule has 0 aliphatic carbocycles. The summed E-state index contributed by atoms with van der Waals surface area (Å²) in [6.45, 7) is 5.49. The Balaban J connectivity index is 0.00000137. The molecule has 1 rings (SSSR count). The zero-order valence-corrected chi connectivity index (χ0v) is 10.3. The van der Waals surface area contributed by atoms with Crippen LogP contribution in [0.5, 0.6) is 5.75 Å². The van der Waals surface area contributed by atoms with E-state index < -0.39 is 29.3 Å². The Bertz CT molecular complexity index is 400. The molecule has 0 spiro atoms. The quantitative estimate of drug-likeness (QED) is 0.600. The minimum absolute atomic E-state index is 0.00634. The van der Waals surface area contributed by atoms with E-state index in [-0.39, 0.29) is 6.42 Å². The molecule has 1 aromatic carbocycles. The minimum atomic E-state index is -4.98. The van der Waals surface area contributed by atoms with Crippen molar-refractivity contribution in [1.82, 2.24) is 0 Å². The Labute approximate surface area is 103 Å². The van der Waals surface area contributed by atoms with Crippen LogP contribution in [0, 0.1) is 5.82 Å². The molecule has 18 heavy (non-hydrogen) atoms. The average Bonchev–Trinajstić information content (AvgIpc) is 2.32. The normalized spacial score (nSPS) is 10.4. The second-order valence-electron chi connectivity index (χ2n) is 2.94. The molecule has 0 aliphatic rings. The molecule has 0 unspecified atom stereocenters. The lowest BCUT2D eigenvalue weighted by Crippen LogP contribution is -2.18. The minimum Gasteiger partial charge on any atom is -0.403 e. The fraction of sp³-hybridized carbons (Fsp3) is 0.417. The van der Waals surface area contributed by atoms with E-state index in [4.69, 9.17) is 0 Å². The molecular weight excluding hydrogens is 252 g/mol. The van der Waals surface area contributed by atoms with Gasteiger partial charge in [-0.15, -0.1) is 13.2 Å². The third-order valence-electron chi connectivity index (χ3n) is 1.81. The first-order valence-electron chi connectivity index (χ1n) is 5.42. The molecule has 0 heterocycles. The van der Waals surface area contributed by atoms with Crippen molar-refractivity contribution in [2.75, 3.05) is 0 Å². The number of carbonyl (C=O) groups excluding carboxylic acids is 1. The predicted molar refractivity (Wildman–Crippen MR) is 59.1 cm³/mol. The van der Waals surface area contributed by atoms with Gasteiger partial charge in [0.1, 0.15) is 0 Å². The van der Waals surface area contributed by atoms with Gasteiger partial charge in [-0.2, -0.15) is 0 Å². The zero-order valence-electron chi connectivity index (χ0n) is 10.3. The van der Waals surface area contributed by atoms with Crippen LogP contribution in [-0.4, -0.2) is 12.1 Å². The third-order valence-corrected chi connectivity index (χ3v) is 1.81. The Hall–Kier alpha value is -1.59. The summed E-state index contributed by atoms with van der Waals surface area (Å²) in [6.07, 6.45) is -4.97. The van der Waals surface area contributed by atoms with E-state index in [1.807, 2.05) is 13.8 Å². The molecule has 1 aromatic rings. The van der Waals surface area contributed by atoms with E-state index in [1.165, 1.54) is 6.92 Å². The molecular formula is C12H14F4O2. The number of ketones is 1. The number of Topliss-reactive ketones (excluding diaryl/α,β-unsaturated/α-hetero) is 1. The van der Waals surface area contributed by atoms with Crippen molar-refractivity contribution in [3.8, 4) is 5.75 Å². The molecule has 0 atom stereocenters. The van der Waals surface area contributed by atoms with Crippen LogP contribution in [0.3, 0.4) is 0 Å². The second kappa shape index (κ2) is 6.98. The standard InChI is InChI=1S/C10H8F4O2.C2H6/c1-2-7(15)6-4-3-5-8(9(6)11)16-10(12,13)14;1-2/h3-5H,2H2,1H3;1-2H3. The Morgan fingerprint density at radius 1 is 1.28 bits per heavy atom. The summed E-state index contributed by atoms with van der Waals surface area (Å²) in [5.41, 5.74) is -0.399. The maximum atomic E-state index is 13.4. The Kier molecular flexibility index (Phi) is 6.36. The van der Waals surface area contributed by atoms with Crippen LogP contribution in [0.4, 0.5) is 17.6 Å². The summed E-state index contributed by atoms with van der Waals surface area (Å²) < 4.78 is 52.4. The van der Waals surface area contributed by atoms with Gasteiger partial charge in [-0.05, 0) is 12.1 Å². The second-order valence-corrected chi connectivity index (χ2v) is 2.94. The van der Waals surface area contributed by atoms with Gasteiger partial charge in [-0.1, -0.05) is 26.8 Å². The van der Waals surface area contributed by atoms with E-state index in [0.717, 1.165) is 18.2 Å². The third kappa shape index (κ3) is 4.73. The van der Waals surface area contributed by atoms with Gasteiger partial charge in [0, 0.05) is 6.42 Å². The highest BCUT2D eigenvalue weighted by Gasteiger charge is 2.33. The molecule has 0 aromatic heterocycles. The number of carbonyl (C=O) groups is 1. The largest absolute Gasteiger partial charge is 0.573 e. The number of hydrogen-bond acceptors (Lipinski definition) is 2. The van der Waals surface area contributed by atoms with Crippen molar-refractivity contribution >= 4 is 5.78 Å². The molecule has 0 fully saturated rings. The smallest absolute Gasteiger partial charge is 0.403 e. The van der Waals surface area contributed by atoms with Gasteiger partial charge in [0.15, 0.2) is 17.3 Å². The van der Waals surface area contributed by atoms with Crippen molar-refractivity contribution in [1.29, 1.82) is 0 Å². The SMILES string of the molecule is CC.CCC(=O)c1cccc(OC(F)(F)F)c1F. The molecule has 0 saturated heterocycles. The Morgan fingerprint density at radius 2 is 1.83 bits per heavy atom. The van der Waals surface area contributed by atoms with Crippen LogP contribution in [0.15, 0.2) is 18.2 Å². The number of ether oxygens (including phenoxy) is 1. The maximum Gasteiger partial charge on any atom is 0.573 e. The summed E-state index contributed by atoms with van der Waals surface area (Å²) in [7, 11) is 0. The topological polar surface area (TPSA) is 26.3 Å². The number of halogens is 4. The molecule has 0 bridgehead atoms. The highest BCUT2D eigenvalue weighted by Crippen LogP contribution is 2.27. The summed E-state index contributed by atoms with van der Waals surface area (Å²) in [6, 6.07) is 3.06. The van der Waals surface area contributed by atoms with E-state index in [9.17, 15) is 22.4 Å². The lowest BCUT2D eigenvalue weighted by molar-refractivity contribution is -0.275. The van der Waals surface area contributed by atoms with Gasteiger partial charge < -0.3 is 4.74 Å². The molecule has 6 heteroatoms. The molecule has 102 valence electrons. The number of hydrogen-bond donors (Lipinski definition) is 0. The van der Waals surface area contributed by atoms with Crippen molar-refractivity contribution in [2.45, 2.75) is 33.6 Å². The highest BCUT2D eigenvalue weighted by molar-refractivity contribution is 5.96. The number of benzene rings is 1. The lowest BCUT2D eigenvalue weighted by Gasteiger charge is -2.10. The predicted octanol–water partition coefficient (Wildman–Crippen LogP) is 4.34. The number of rotatable bonds is 3. The lowest BCUT2D eigenvalue weighted by atomic mass is 10.1. The van der Waals surface area contributed by atoms with E-state index in [0.29, 0.717) is 0 Å². The highest BCUT2D eigenvalue weighted by atomic mass is 19.4. The summed E-state index contributed by atoms with van der Waals surface area (Å²) in [5.74, 6) is -2.86. The molecule has 0 saturated carbocycles. The summed E-state index contributed by atoms with van der Waals surface area (Å²) >= 11 is 0. The number of alkyl halides is 3. The van der Waals surface area contributed by atoms with Gasteiger partial charge in [-0.25, -0.2) is 4.39 Å². The molecule has 2 nitrogen and oxygen atoms in total. The maximum absolute atomic E-state index is 13.4. The molecule has 0 N–H and O–H groups in total. The van der Waals surface area contributed by atoms with E-state index in [1.54, 1.807) is 0 Å². The van der Waals surface area contributed by atoms with E-state index >= 15 is 0 Å². The van der Waals surface area contributed by atoms with Crippen molar-refractivity contribution in [3.63, 3.8) is 0 Å². The van der Waals surface area contributed by atoms with Crippen molar-refractivity contribution in [2.24, 2.45) is 0 Å². The first kappa shape index (κ1) is 16.4. The van der Waals surface area contributed by atoms with Gasteiger partial charge in [0.25, 0.3) is 0 Å². The molecule has 0 amide bonds. The van der Waals surface area contributed by atoms with Crippen LogP contribution < -0.4 is 4.74 Å². The fourth-order valence-corrected chi connectivity index (χ4v) is 1.12. The first-order chi connectivity index (χ1) is 8.35. The zero-order chi connectivity index (χ0) is 14.3. The molecule has 0 aliphatic heterocycles. The van der Waals surface area contributed by atoms with Crippen molar-refractivity contribution in [3.05, 3.63) is 29.6 Å². The fourth-order valence-electron chi connectivity index (χ4n) is 1.12.